The second-order valence-electron chi connectivity index (χ2n) is 4.32. The summed E-state index contributed by atoms with van der Waals surface area (Å²) in [4.78, 5) is 17.5. The van der Waals surface area contributed by atoms with E-state index in [1.165, 1.54) is 13.3 Å². The van der Waals surface area contributed by atoms with Crippen LogP contribution in [0.15, 0.2) is 4.52 Å². The lowest BCUT2D eigenvalue weighted by Crippen LogP contribution is -2.20. The molecule has 2 heterocycles. The van der Waals surface area contributed by atoms with Gasteiger partial charge in [0.25, 0.3) is 5.89 Å². The van der Waals surface area contributed by atoms with Crippen LogP contribution in [-0.4, -0.2) is 40.5 Å². The average Bonchev–Trinajstić information content (AvgIpc) is 2.87. The molecule has 0 N–H and O–H groups in total. The summed E-state index contributed by atoms with van der Waals surface area (Å²) in [6.45, 7) is 6.96. The summed E-state index contributed by atoms with van der Waals surface area (Å²) in [5, 5.41) is 3.83. The second-order valence-corrected chi connectivity index (χ2v) is 4.32. The molecular weight excluding hydrogens is 206 g/mol. The quantitative estimate of drug-likeness (QED) is 0.717. The van der Waals surface area contributed by atoms with Gasteiger partial charge in [0.2, 0.25) is 5.78 Å². The molecule has 16 heavy (non-hydrogen) atoms. The lowest BCUT2D eigenvalue weighted by Gasteiger charge is -2.11. The standard InChI is InChI=1S/C11H17N3O2/c1-3-14-5-4-9(7-14)6-10-12-11(8(2)15)16-13-10/h9H,3-7H2,1-2H3. The van der Waals surface area contributed by atoms with Gasteiger partial charge in [0.05, 0.1) is 0 Å². The molecule has 0 saturated carbocycles. The zero-order valence-electron chi connectivity index (χ0n) is 9.77. The van der Waals surface area contributed by atoms with Crippen molar-refractivity contribution in [3.8, 4) is 0 Å². The lowest BCUT2D eigenvalue weighted by atomic mass is 10.1. The minimum atomic E-state index is -0.166. The molecule has 0 aromatic carbocycles. The fraction of sp³-hybridized carbons (Fsp3) is 0.727. The van der Waals surface area contributed by atoms with E-state index >= 15 is 0 Å². The van der Waals surface area contributed by atoms with Crippen LogP contribution in [0.25, 0.3) is 0 Å². The second kappa shape index (κ2) is 4.74. The molecule has 0 aliphatic carbocycles. The summed E-state index contributed by atoms with van der Waals surface area (Å²) in [5.74, 6) is 1.21. The molecular formula is C11H17N3O2. The van der Waals surface area contributed by atoms with Gasteiger partial charge in [-0.25, -0.2) is 0 Å². The van der Waals surface area contributed by atoms with E-state index in [2.05, 4.69) is 22.0 Å². The number of ketones is 1. The van der Waals surface area contributed by atoms with E-state index in [1.807, 2.05) is 0 Å². The third kappa shape index (κ3) is 2.47. The Morgan fingerprint density at radius 1 is 1.62 bits per heavy atom. The number of carbonyl (C=O) groups is 1. The molecule has 1 aliphatic heterocycles. The van der Waals surface area contributed by atoms with Gasteiger partial charge in [0.15, 0.2) is 5.82 Å². The van der Waals surface area contributed by atoms with Crippen molar-refractivity contribution in [2.75, 3.05) is 19.6 Å². The molecule has 1 atom stereocenters. The molecule has 2 rings (SSSR count). The number of hydrogen-bond donors (Lipinski definition) is 0. The number of likely N-dealkylation sites (tertiary alicyclic amines) is 1. The van der Waals surface area contributed by atoms with E-state index in [1.54, 1.807) is 0 Å². The van der Waals surface area contributed by atoms with Crippen LogP contribution in [0.2, 0.25) is 0 Å². The molecule has 5 heteroatoms. The van der Waals surface area contributed by atoms with Crippen LogP contribution >= 0.6 is 0 Å². The van der Waals surface area contributed by atoms with Crippen molar-refractivity contribution in [1.29, 1.82) is 0 Å². The summed E-state index contributed by atoms with van der Waals surface area (Å²) in [7, 11) is 0. The first-order valence-corrected chi connectivity index (χ1v) is 5.75. The Morgan fingerprint density at radius 2 is 2.44 bits per heavy atom. The highest BCUT2D eigenvalue weighted by molar-refractivity contribution is 5.89. The van der Waals surface area contributed by atoms with Gasteiger partial charge < -0.3 is 9.42 Å². The molecule has 0 amide bonds. The van der Waals surface area contributed by atoms with Crippen molar-refractivity contribution in [2.24, 2.45) is 5.92 Å². The SMILES string of the molecule is CCN1CCC(Cc2noc(C(C)=O)n2)C1. The first kappa shape index (κ1) is 11.3. The number of Topliss-reactive ketones (excluding diaryl/α,β-unsaturated/α-hetero) is 1. The van der Waals surface area contributed by atoms with Gasteiger partial charge in [-0.05, 0) is 25.4 Å². The highest BCUT2D eigenvalue weighted by Gasteiger charge is 2.23. The van der Waals surface area contributed by atoms with Gasteiger partial charge in [-0.2, -0.15) is 4.98 Å². The first-order chi connectivity index (χ1) is 7.69. The molecule has 5 nitrogen and oxygen atoms in total. The molecule has 0 radical (unpaired) electrons. The molecule has 1 saturated heterocycles. The Balaban J connectivity index is 1.92. The molecule has 88 valence electrons. The zero-order valence-corrected chi connectivity index (χ0v) is 9.77. The highest BCUT2D eigenvalue weighted by atomic mass is 16.5. The van der Waals surface area contributed by atoms with E-state index < -0.39 is 0 Å². The number of rotatable bonds is 4. The molecule has 0 bridgehead atoms. The fourth-order valence-electron chi connectivity index (χ4n) is 2.10. The van der Waals surface area contributed by atoms with Crippen LogP contribution in [0.1, 0.15) is 36.8 Å². The minimum Gasteiger partial charge on any atom is -0.331 e. The summed E-state index contributed by atoms with van der Waals surface area (Å²) in [6.07, 6.45) is 1.99. The zero-order chi connectivity index (χ0) is 11.5. The van der Waals surface area contributed by atoms with Gasteiger partial charge >= 0.3 is 0 Å². The van der Waals surface area contributed by atoms with Gasteiger partial charge in [-0.1, -0.05) is 12.1 Å². The van der Waals surface area contributed by atoms with Gasteiger partial charge in [0, 0.05) is 19.9 Å². The molecule has 1 aromatic heterocycles. The van der Waals surface area contributed by atoms with Crippen molar-refractivity contribution in [3.63, 3.8) is 0 Å². The summed E-state index contributed by atoms with van der Waals surface area (Å²) in [5.41, 5.74) is 0. The normalized spacial score (nSPS) is 21.5. The fourth-order valence-corrected chi connectivity index (χ4v) is 2.10. The predicted molar refractivity (Wildman–Crippen MR) is 58.2 cm³/mol. The number of aromatic nitrogens is 2. The predicted octanol–water partition coefficient (Wildman–Crippen LogP) is 1.16. The maximum atomic E-state index is 11.0. The van der Waals surface area contributed by atoms with Crippen molar-refractivity contribution < 1.29 is 9.32 Å². The Kier molecular flexibility index (Phi) is 3.33. The molecule has 1 unspecified atom stereocenters. The Bertz CT molecular complexity index is 375. The average molecular weight is 223 g/mol. The van der Waals surface area contributed by atoms with Crippen LogP contribution in [0.4, 0.5) is 0 Å². The van der Waals surface area contributed by atoms with E-state index in [-0.39, 0.29) is 11.7 Å². The van der Waals surface area contributed by atoms with Crippen molar-refractivity contribution in [1.82, 2.24) is 15.0 Å². The molecule has 0 spiro atoms. The third-order valence-electron chi connectivity index (χ3n) is 3.06. The maximum absolute atomic E-state index is 11.0. The van der Waals surface area contributed by atoms with E-state index in [4.69, 9.17) is 4.52 Å². The number of hydrogen-bond acceptors (Lipinski definition) is 5. The van der Waals surface area contributed by atoms with Crippen LogP contribution in [-0.2, 0) is 6.42 Å². The monoisotopic (exact) mass is 223 g/mol. The summed E-state index contributed by atoms with van der Waals surface area (Å²) in [6, 6.07) is 0. The van der Waals surface area contributed by atoms with Crippen LogP contribution < -0.4 is 0 Å². The van der Waals surface area contributed by atoms with Gasteiger partial charge in [-0.3, -0.25) is 4.79 Å². The Labute approximate surface area is 94.8 Å². The topological polar surface area (TPSA) is 59.2 Å². The minimum absolute atomic E-state index is 0.125. The van der Waals surface area contributed by atoms with Crippen molar-refractivity contribution in [3.05, 3.63) is 11.7 Å². The van der Waals surface area contributed by atoms with Crippen molar-refractivity contribution >= 4 is 5.78 Å². The highest BCUT2D eigenvalue weighted by Crippen LogP contribution is 2.19. The lowest BCUT2D eigenvalue weighted by molar-refractivity contribution is 0.0972. The van der Waals surface area contributed by atoms with Crippen LogP contribution in [0.3, 0.4) is 0 Å². The number of carbonyl (C=O) groups excluding carboxylic acids is 1. The Hall–Kier alpha value is -1.23. The third-order valence-corrected chi connectivity index (χ3v) is 3.06. The van der Waals surface area contributed by atoms with Crippen LogP contribution in [0.5, 0.6) is 0 Å². The first-order valence-electron chi connectivity index (χ1n) is 5.75. The largest absolute Gasteiger partial charge is 0.331 e. The Morgan fingerprint density at radius 3 is 3.00 bits per heavy atom. The molecule has 1 aliphatic rings. The maximum Gasteiger partial charge on any atom is 0.293 e. The van der Waals surface area contributed by atoms with Gasteiger partial charge in [-0.15, -0.1) is 0 Å². The van der Waals surface area contributed by atoms with Crippen LogP contribution in [0, 0.1) is 5.92 Å². The summed E-state index contributed by atoms with van der Waals surface area (Å²) >= 11 is 0. The van der Waals surface area contributed by atoms with Gasteiger partial charge in [0.1, 0.15) is 0 Å². The van der Waals surface area contributed by atoms with E-state index in [9.17, 15) is 4.79 Å². The molecule has 1 aromatic rings. The molecule has 1 fully saturated rings. The van der Waals surface area contributed by atoms with Crippen molar-refractivity contribution in [2.45, 2.75) is 26.7 Å². The van der Waals surface area contributed by atoms with E-state index in [0.29, 0.717) is 11.7 Å². The van der Waals surface area contributed by atoms with E-state index in [0.717, 1.165) is 26.1 Å². The summed E-state index contributed by atoms with van der Waals surface area (Å²) < 4.78 is 4.87. The number of nitrogens with zero attached hydrogens (tertiary/aromatic N) is 3. The smallest absolute Gasteiger partial charge is 0.293 e.